The minimum Gasteiger partial charge on any atom is -0.484 e. The third-order valence-corrected chi connectivity index (χ3v) is 3.63. The fraction of sp³-hybridized carbons (Fsp3) is 0.267. The number of thiazole rings is 1. The number of anilines is 1. The lowest BCUT2D eigenvalue weighted by Gasteiger charge is -2.05. The second-order valence-electron chi connectivity index (χ2n) is 4.72. The van der Waals surface area contributed by atoms with E-state index in [9.17, 15) is 19.7 Å². The van der Waals surface area contributed by atoms with Gasteiger partial charge in [-0.05, 0) is 13.0 Å². The number of benzene rings is 1. The average molecular weight is 365 g/mol. The van der Waals surface area contributed by atoms with Crippen LogP contribution in [-0.2, 0) is 20.7 Å². The zero-order valence-electron chi connectivity index (χ0n) is 13.3. The molecule has 0 unspecified atom stereocenters. The van der Waals surface area contributed by atoms with E-state index < -0.39 is 10.8 Å². The largest absolute Gasteiger partial charge is 0.484 e. The first kappa shape index (κ1) is 18.3. The van der Waals surface area contributed by atoms with E-state index in [-0.39, 0.29) is 30.4 Å². The molecule has 1 aromatic carbocycles. The van der Waals surface area contributed by atoms with Crippen molar-refractivity contribution in [2.75, 3.05) is 18.5 Å². The summed E-state index contributed by atoms with van der Waals surface area (Å²) in [4.78, 5) is 37.5. The van der Waals surface area contributed by atoms with E-state index in [0.717, 1.165) is 0 Å². The van der Waals surface area contributed by atoms with Gasteiger partial charge in [0.2, 0.25) is 0 Å². The highest BCUT2D eigenvalue weighted by Gasteiger charge is 2.12. The minimum atomic E-state index is -0.548. The number of carbonyl (C=O) groups excluding carboxylic acids is 2. The van der Waals surface area contributed by atoms with E-state index in [1.165, 1.54) is 35.6 Å². The van der Waals surface area contributed by atoms with Gasteiger partial charge >= 0.3 is 5.97 Å². The first-order chi connectivity index (χ1) is 12.0. The number of rotatable bonds is 8. The van der Waals surface area contributed by atoms with E-state index in [1.54, 1.807) is 12.3 Å². The number of nitro benzene ring substituents is 1. The maximum absolute atomic E-state index is 11.8. The molecule has 0 aliphatic heterocycles. The molecule has 2 aromatic rings. The highest BCUT2D eigenvalue weighted by Crippen LogP contribution is 2.19. The summed E-state index contributed by atoms with van der Waals surface area (Å²) in [6, 6.07) is 5.54. The summed E-state index contributed by atoms with van der Waals surface area (Å²) in [6.07, 6.45) is 0.0321. The van der Waals surface area contributed by atoms with Crippen molar-refractivity contribution in [2.45, 2.75) is 13.3 Å². The predicted octanol–water partition coefficient (Wildman–Crippen LogP) is 2.17. The first-order valence-electron chi connectivity index (χ1n) is 7.25. The molecule has 1 heterocycles. The molecule has 1 amide bonds. The maximum Gasteiger partial charge on any atom is 0.311 e. The van der Waals surface area contributed by atoms with Crippen molar-refractivity contribution in [3.63, 3.8) is 0 Å². The Kier molecular flexibility index (Phi) is 6.40. The van der Waals surface area contributed by atoms with Gasteiger partial charge in [-0.3, -0.25) is 25.0 Å². The standard InChI is InChI=1S/C15H15N3O6S/c1-2-23-14(20)6-10-9-25-15(16-10)17-13(19)8-24-12-5-3-4-11(7-12)18(21)22/h3-5,7,9H,2,6,8H2,1H3,(H,16,17,19). The zero-order chi connectivity index (χ0) is 18.2. The molecule has 1 aromatic heterocycles. The Labute approximate surface area is 146 Å². The van der Waals surface area contributed by atoms with E-state index in [1.807, 2.05) is 0 Å². The van der Waals surface area contributed by atoms with Gasteiger partial charge in [0.25, 0.3) is 11.6 Å². The molecule has 0 saturated carbocycles. The van der Waals surface area contributed by atoms with Crippen molar-refractivity contribution in [3.8, 4) is 5.75 Å². The number of esters is 1. The summed E-state index contributed by atoms with van der Waals surface area (Å²) in [5.41, 5.74) is 0.375. The van der Waals surface area contributed by atoms with Crippen LogP contribution >= 0.6 is 11.3 Å². The van der Waals surface area contributed by atoms with E-state index in [0.29, 0.717) is 17.4 Å². The van der Waals surface area contributed by atoms with Gasteiger partial charge in [0.1, 0.15) is 5.75 Å². The molecule has 0 radical (unpaired) electrons. The van der Waals surface area contributed by atoms with Crippen molar-refractivity contribution in [2.24, 2.45) is 0 Å². The normalized spacial score (nSPS) is 10.1. The molecule has 0 aliphatic carbocycles. The minimum absolute atomic E-state index is 0.0321. The number of carbonyl (C=O) groups is 2. The molecule has 0 spiro atoms. The number of amides is 1. The lowest BCUT2D eigenvalue weighted by Crippen LogP contribution is -2.20. The van der Waals surface area contributed by atoms with Crippen LogP contribution in [0.4, 0.5) is 10.8 Å². The van der Waals surface area contributed by atoms with Crippen molar-refractivity contribution in [1.82, 2.24) is 4.98 Å². The van der Waals surface area contributed by atoms with Gasteiger partial charge in [-0.25, -0.2) is 4.98 Å². The summed E-state index contributed by atoms with van der Waals surface area (Å²) in [6.45, 7) is 1.68. The second kappa shape index (κ2) is 8.73. The van der Waals surface area contributed by atoms with Gasteiger partial charge in [0.15, 0.2) is 11.7 Å². The average Bonchev–Trinajstić information content (AvgIpc) is 3.00. The Balaban J connectivity index is 1.84. The lowest BCUT2D eigenvalue weighted by molar-refractivity contribution is -0.384. The Bertz CT molecular complexity index is 776. The predicted molar refractivity (Wildman–Crippen MR) is 89.7 cm³/mol. The Morgan fingerprint density at radius 1 is 1.40 bits per heavy atom. The number of nitrogens with zero attached hydrogens (tertiary/aromatic N) is 2. The van der Waals surface area contributed by atoms with Crippen LogP contribution in [0, 0.1) is 10.1 Å². The van der Waals surface area contributed by atoms with Gasteiger partial charge in [0, 0.05) is 11.4 Å². The topological polar surface area (TPSA) is 121 Å². The van der Waals surface area contributed by atoms with Crippen LogP contribution in [0.1, 0.15) is 12.6 Å². The molecule has 0 bridgehead atoms. The van der Waals surface area contributed by atoms with Gasteiger partial charge in [-0.15, -0.1) is 11.3 Å². The molecular formula is C15H15N3O6S. The summed E-state index contributed by atoms with van der Waals surface area (Å²) >= 11 is 1.17. The number of hydrogen-bond acceptors (Lipinski definition) is 8. The fourth-order valence-corrected chi connectivity index (χ4v) is 2.52. The van der Waals surface area contributed by atoms with Gasteiger partial charge in [-0.2, -0.15) is 0 Å². The van der Waals surface area contributed by atoms with Crippen molar-refractivity contribution in [3.05, 3.63) is 45.5 Å². The van der Waals surface area contributed by atoms with E-state index in [2.05, 4.69) is 10.3 Å². The SMILES string of the molecule is CCOC(=O)Cc1csc(NC(=O)COc2cccc([N+](=O)[O-])c2)n1. The molecule has 0 aliphatic rings. The maximum atomic E-state index is 11.8. The Morgan fingerprint density at radius 3 is 2.92 bits per heavy atom. The Hall–Kier alpha value is -3.01. The monoisotopic (exact) mass is 365 g/mol. The number of non-ortho nitro benzene ring substituents is 1. The van der Waals surface area contributed by atoms with E-state index in [4.69, 9.17) is 9.47 Å². The molecular weight excluding hydrogens is 350 g/mol. The van der Waals surface area contributed by atoms with Crippen LogP contribution in [0.3, 0.4) is 0 Å². The lowest BCUT2D eigenvalue weighted by atomic mass is 10.3. The van der Waals surface area contributed by atoms with Gasteiger partial charge in [0.05, 0.1) is 29.7 Å². The summed E-state index contributed by atoms with van der Waals surface area (Å²) in [5, 5.41) is 15.2. The molecule has 9 nitrogen and oxygen atoms in total. The smallest absolute Gasteiger partial charge is 0.311 e. The molecule has 1 N–H and O–H groups in total. The molecule has 10 heteroatoms. The number of hydrogen-bond donors (Lipinski definition) is 1. The molecule has 0 atom stereocenters. The van der Waals surface area contributed by atoms with Crippen LogP contribution in [-0.4, -0.2) is 35.0 Å². The van der Waals surface area contributed by atoms with Gasteiger partial charge < -0.3 is 9.47 Å². The summed E-state index contributed by atoms with van der Waals surface area (Å²) < 4.78 is 10.0. The third-order valence-electron chi connectivity index (χ3n) is 2.83. The number of nitrogens with one attached hydrogen (secondary N) is 1. The number of nitro groups is 1. The molecule has 132 valence electrons. The number of aromatic nitrogens is 1. The van der Waals surface area contributed by atoms with Crippen molar-refractivity contribution in [1.29, 1.82) is 0 Å². The molecule has 0 saturated heterocycles. The fourth-order valence-electron chi connectivity index (χ4n) is 1.80. The Morgan fingerprint density at radius 2 is 2.20 bits per heavy atom. The first-order valence-corrected chi connectivity index (χ1v) is 8.13. The third kappa shape index (κ3) is 5.84. The molecule has 25 heavy (non-hydrogen) atoms. The summed E-state index contributed by atoms with van der Waals surface area (Å²) in [5.74, 6) is -0.644. The zero-order valence-corrected chi connectivity index (χ0v) is 14.1. The van der Waals surface area contributed by atoms with Crippen LogP contribution in [0.25, 0.3) is 0 Å². The highest BCUT2D eigenvalue weighted by atomic mass is 32.1. The van der Waals surface area contributed by atoms with E-state index >= 15 is 0 Å². The van der Waals surface area contributed by atoms with Crippen LogP contribution in [0.15, 0.2) is 29.6 Å². The highest BCUT2D eigenvalue weighted by molar-refractivity contribution is 7.13. The van der Waals surface area contributed by atoms with Crippen molar-refractivity contribution >= 4 is 34.0 Å². The van der Waals surface area contributed by atoms with Crippen LogP contribution < -0.4 is 10.1 Å². The molecule has 0 fully saturated rings. The van der Waals surface area contributed by atoms with Crippen molar-refractivity contribution < 1.29 is 24.0 Å². The van der Waals surface area contributed by atoms with Crippen LogP contribution in [0.5, 0.6) is 5.75 Å². The quantitative estimate of drug-likeness (QED) is 0.432. The molecule has 2 rings (SSSR count). The van der Waals surface area contributed by atoms with Gasteiger partial charge in [-0.1, -0.05) is 6.07 Å². The number of ether oxygens (including phenoxy) is 2. The summed E-state index contributed by atoms with van der Waals surface area (Å²) in [7, 11) is 0. The van der Waals surface area contributed by atoms with Crippen LogP contribution in [0.2, 0.25) is 0 Å². The second-order valence-corrected chi connectivity index (χ2v) is 5.58.